The van der Waals surface area contributed by atoms with Crippen molar-refractivity contribution in [3.8, 4) is 11.5 Å². The molecule has 0 spiro atoms. The van der Waals surface area contributed by atoms with E-state index in [0.717, 1.165) is 33.8 Å². The van der Waals surface area contributed by atoms with Gasteiger partial charge in [0.05, 0.1) is 11.8 Å². The van der Waals surface area contributed by atoms with Crippen molar-refractivity contribution in [1.29, 1.82) is 0 Å². The first-order valence-electron chi connectivity index (χ1n) is 11.9. The minimum Gasteiger partial charge on any atom is -0.489 e. The predicted molar refractivity (Wildman–Crippen MR) is 153 cm³/mol. The van der Waals surface area contributed by atoms with Gasteiger partial charge in [0.15, 0.2) is 0 Å². The second-order valence-corrected chi connectivity index (χ2v) is 9.74. The zero-order valence-electron chi connectivity index (χ0n) is 19.9. The number of ketones is 1. The lowest BCUT2D eigenvalue weighted by molar-refractivity contribution is -0.121. The summed E-state index contributed by atoms with van der Waals surface area (Å²) in [5.74, 6) is 0.806. The van der Waals surface area contributed by atoms with Crippen molar-refractivity contribution < 1.29 is 14.3 Å². The van der Waals surface area contributed by atoms with E-state index in [1.807, 2.05) is 109 Å². The van der Waals surface area contributed by atoms with Crippen LogP contribution in [-0.2, 0) is 18.0 Å². The van der Waals surface area contributed by atoms with E-state index in [9.17, 15) is 4.79 Å². The largest absolute Gasteiger partial charge is 0.489 e. The first-order chi connectivity index (χ1) is 17.7. The standard InChI is InChI=1S/C31H28Br2O3/c32-19-27(25-15-7-9-17-29(25)35-21-23-11-3-1-4-12-23)31(34)28(20-33)26-16-8-10-18-30(26)36-22-24-13-5-2-6-14-24/h1-18,27-28H,19-22H2. The Kier molecular flexibility index (Phi) is 9.76. The maximum Gasteiger partial charge on any atom is 0.149 e. The minimum atomic E-state index is -0.373. The molecule has 2 atom stereocenters. The molecular weight excluding hydrogens is 580 g/mol. The highest BCUT2D eigenvalue weighted by Crippen LogP contribution is 2.37. The molecule has 0 aliphatic rings. The molecule has 5 heteroatoms. The van der Waals surface area contributed by atoms with Crippen molar-refractivity contribution in [3.63, 3.8) is 0 Å². The first kappa shape index (κ1) is 26.2. The van der Waals surface area contributed by atoms with E-state index in [-0.39, 0.29) is 17.6 Å². The summed E-state index contributed by atoms with van der Waals surface area (Å²) in [4.78, 5) is 14.0. The van der Waals surface area contributed by atoms with E-state index in [1.54, 1.807) is 0 Å². The highest BCUT2D eigenvalue weighted by atomic mass is 79.9. The van der Waals surface area contributed by atoms with Gasteiger partial charge in [-0.1, -0.05) is 129 Å². The Morgan fingerprint density at radius 2 is 0.917 bits per heavy atom. The molecule has 0 aliphatic carbocycles. The molecule has 184 valence electrons. The molecule has 3 nitrogen and oxygen atoms in total. The molecule has 0 amide bonds. The van der Waals surface area contributed by atoms with Crippen LogP contribution >= 0.6 is 31.9 Å². The Bertz CT molecular complexity index is 1150. The van der Waals surface area contributed by atoms with Crippen molar-refractivity contribution in [3.05, 3.63) is 131 Å². The van der Waals surface area contributed by atoms with E-state index in [0.29, 0.717) is 23.9 Å². The van der Waals surface area contributed by atoms with Crippen molar-refractivity contribution in [2.24, 2.45) is 0 Å². The molecule has 2 unspecified atom stereocenters. The van der Waals surface area contributed by atoms with Gasteiger partial charge in [-0.25, -0.2) is 0 Å². The molecule has 0 heterocycles. The Morgan fingerprint density at radius 3 is 1.31 bits per heavy atom. The van der Waals surface area contributed by atoms with Crippen LogP contribution in [0.4, 0.5) is 0 Å². The van der Waals surface area contributed by atoms with E-state index in [2.05, 4.69) is 31.9 Å². The van der Waals surface area contributed by atoms with Crippen LogP contribution in [0.15, 0.2) is 109 Å². The summed E-state index contributed by atoms with van der Waals surface area (Å²) >= 11 is 7.22. The molecule has 0 saturated carbocycles. The molecule has 0 radical (unpaired) electrons. The molecule has 0 bridgehead atoms. The van der Waals surface area contributed by atoms with E-state index in [1.165, 1.54) is 0 Å². The van der Waals surface area contributed by atoms with E-state index >= 15 is 0 Å². The van der Waals surface area contributed by atoms with Gasteiger partial charge in [-0.2, -0.15) is 0 Å². The van der Waals surface area contributed by atoms with Crippen molar-refractivity contribution >= 4 is 37.6 Å². The lowest BCUT2D eigenvalue weighted by Crippen LogP contribution is -2.24. The maximum absolute atomic E-state index is 14.0. The van der Waals surface area contributed by atoms with E-state index < -0.39 is 0 Å². The molecule has 0 N–H and O–H groups in total. The number of rotatable bonds is 12. The highest BCUT2D eigenvalue weighted by molar-refractivity contribution is 9.09. The molecule has 36 heavy (non-hydrogen) atoms. The van der Waals surface area contributed by atoms with Crippen LogP contribution in [0.25, 0.3) is 0 Å². The second-order valence-electron chi connectivity index (χ2n) is 8.44. The number of hydrogen-bond acceptors (Lipinski definition) is 3. The van der Waals surface area contributed by atoms with Crippen LogP contribution in [0.3, 0.4) is 0 Å². The van der Waals surface area contributed by atoms with Gasteiger partial charge in [-0.05, 0) is 23.3 Å². The van der Waals surface area contributed by atoms with Crippen LogP contribution in [0.2, 0.25) is 0 Å². The summed E-state index contributed by atoms with van der Waals surface area (Å²) in [6.07, 6.45) is 0. The van der Waals surface area contributed by atoms with Crippen LogP contribution in [0.5, 0.6) is 11.5 Å². The van der Waals surface area contributed by atoms with Gasteiger partial charge < -0.3 is 9.47 Å². The molecular formula is C31H28Br2O3. The number of hydrogen-bond donors (Lipinski definition) is 0. The molecule has 0 saturated heterocycles. The average Bonchev–Trinajstić information content (AvgIpc) is 2.94. The topological polar surface area (TPSA) is 35.5 Å². The smallest absolute Gasteiger partial charge is 0.149 e. The van der Waals surface area contributed by atoms with Gasteiger partial charge in [-0.15, -0.1) is 0 Å². The van der Waals surface area contributed by atoms with Crippen LogP contribution in [-0.4, -0.2) is 16.4 Å². The van der Waals surface area contributed by atoms with Crippen LogP contribution < -0.4 is 9.47 Å². The van der Waals surface area contributed by atoms with Crippen molar-refractivity contribution in [2.75, 3.05) is 10.7 Å². The van der Waals surface area contributed by atoms with Crippen LogP contribution in [0.1, 0.15) is 34.1 Å². The summed E-state index contributed by atoms with van der Waals surface area (Å²) in [5, 5.41) is 0.988. The Hall–Kier alpha value is -2.89. The molecule has 4 rings (SSSR count). The van der Waals surface area contributed by atoms with Crippen molar-refractivity contribution in [2.45, 2.75) is 25.0 Å². The number of halogens is 2. The van der Waals surface area contributed by atoms with Crippen LogP contribution in [0, 0.1) is 0 Å². The molecule has 4 aromatic rings. The number of carbonyl (C=O) groups is 1. The quantitative estimate of drug-likeness (QED) is 0.153. The Labute approximate surface area is 229 Å². The van der Waals surface area contributed by atoms with Gasteiger partial charge in [0, 0.05) is 21.8 Å². The third kappa shape index (κ3) is 6.65. The maximum atomic E-state index is 14.0. The average molecular weight is 608 g/mol. The monoisotopic (exact) mass is 606 g/mol. The predicted octanol–water partition coefficient (Wildman–Crippen LogP) is 8.07. The lowest BCUT2D eigenvalue weighted by Gasteiger charge is -2.24. The Balaban J connectivity index is 1.56. The number of carbonyl (C=O) groups excluding carboxylic acids is 1. The second kappa shape index (κ2) is 13.4. The summed E-state index contributed by atoms with van der Waals surface area (Å²) in [6.45, 7) is 0.887. The normalized spacial score (nSPS) is 12.5. The number of alkyl halides is 2. The summed E-state index contributed by atoms with van der Waals surface area (Å²) in [5.41, 5.74) is 3.92. The number of Topliss-reactive ketones (excluding diaryl/α,β-unsaturated/α-hetero) is 1. The fraction of sp³-hybridized carbons (Fsp3) is 0.194. The highest BCUT2D eigenvalue weighted by Gasteiger charge is 2.31. The van der Waals surface area contributed by atoms with Gasteiger partial charge >= 0.3 is 0 Å². The molecule has 0 aromatic heterocycles. The SMILES string of the molecule is O=C(C(CBr)c1ccccc1OCc1ccccc1)C(CBr)c1ccccc1OCc1ccccc1. The third-order valence-corrected chi connectivity index (χ3v) is 7.35. The Morgan fingerprint density at radius 1 is 0.556 bits per heavy atom. The van der Waals surface area contributed by atoms with Gasteiger partial charge in [0.2, 0.25) is 0 Å². The number of benzene rings is 4. The summed E-state index contributed by atoms with van der Waals surface area (Å²) in [7, 11) is 0. The van der Waals surface area contributed by atoms with Crippen molar-refractivity contribution in [1.82, 2.24) is 0 Å². The number of para-hydroxylation sites is 2. The minimum absolute atomic E-state index is 0.107. The molecule has 4 aromatic carbocycles. The number of ether oxygens (including phenoxy) is 2. The zero-order valence-corrected chi connectivity index (χ0v) is 23.0. The summed E-state index contributed by atoms with van der Waals surface area (Å²) in [6, 6.07) is 35.7. The first-order valence-corrected chi connectivity index (χ1v) is 14.1. The fourth-order valence-corrected chi connectivity index (χ4v) is 5.47. The molecule has 0 fully saturated rings. The molecule has 0 aliphatic heterocycles. The third-order valence-electron chi connectivity index (χ3n) is 6.06. The van der Waals surface area contributed by atoms with Gasteiger partial charge in [-0.3, -0.25) is 4.79 Å². The summed E-state index contributed by atoms with van der Waals surface area (Å²) < 4.78 is 12.4. The fourth-order valence-electron chi connectivity index (χ4n) is 4.14. The van der Waals surface area contributed by atoms with E-state index in [4.69, 9.17) is 9.47 Å². The zero-order chi connectivity index (χ0) is 25.2. The van der Waals surface area contributed by atoms with Gasteiger partial charge in [0.25, 0.3) is 0 Å². The lowest BCUT2D eigenvalue weighted by atomic mass is 9.85. The van der Waals surface area contributed by atoms with Gasteiger partial charge in [0.1, 0.15) is 30.5 Å².